The lowest BCUT2D eigenvalue weighted by Crippen LogP contribution is -2.55. The molecule has 1 aromatic carbocycles. The van der Waals surface area contributed by atoms with Crippen LogP contribution in [0.5, 0.6) is 0 Å². The number of aliphatic carboxylic acids is 1. The number of carboxylic acid groups (broad SMARTS) is 1. The summed E-state index contributed by atoms with van der Waals surface area (Å²) in [7, 11) is 0. The lowest BCUT2D eigenvalue weighted by atomic mass is 9.91. The number of carboxylic acids is 1. The number of hydrazine groups is 1. The van der Waals surface area contributed by atoms with Crippen molar-refractivity contribution in [3.05, 3.63) is 64.9 Å². The second-order valence-electron chi connectivity index (χ2n) is 8.13. The predicted octanol–water partition coefficient (Wildman–Crippen LogP) is 3.61. The van der Waals surface area contributed by atoms with Crippen molar-refractivity contribution in [3.63, 3.8) is 0 Å². The number of rotatable bonds is 9. The van der Waals surface area contributed by atoms with Gasteiger partial charge < -0.3 is 5.11 Å². The molecule has 0 unspecified atom stereocenters. The van der Waals surface area contributed by atoms with Crippen LogP contribution in [0.4, 0.5) is 0 Å². The Morgan fingerprint density at radius 3 is 2.62 bits per heavy atom. The van der Waals surface area contributed by atoms with E-state index in [-0.39, 0.29) is 30.7 Å². The summed E-state index contributed by atoms with van der Waals surface area (Å²) in [6, 6.07) is 10.9. The second kappa shape index (κ2) is 11.1. The Morgan fingerprint density at radius 2 is 1.97 bits per heavy atom. The Morgan fingerprint density at radius 1 is 1.25 bits per heavy atom. The fourth-order valence-electron chi connectivity index (χ4n) is 4.09. The van der Waals surface area contributed by atoms with Crippen molar-refractivity contribution < 1.29 is 19.5 Å². The molecule has 0 bridgehead atoms. The van der Waals surface area contributed by atoms with E-state index in [4.69, 9.17) is 11.6 Å². The summed E-state index contributed by atoms with van der Waals surface area (Å²) in [5.74, 6) is -2.59. The molecule has 3 rings (SSSR count). The zero-order valence-corrected chi connectivity index (χ0v) is 18.9. The lowest BCUT2D eigenvalue weighted by molar-refractivity contribution is -0.172. The molecule has 1 aliphatic heterocycles. The molecule has 0 spiro atoms. The summed E-state index contributed by atoms with van der Waals surface area (Å²) in [5, 5.41) is 13.0. The Kier molecular flexibility index (Phi) is 8.22. The molecule has 8 heteroatoms. The number of pyridine rings is 1. The number of hydrogen-bond acceptors (Lipinski definition) is 4. The van der Waals surface area contributed by atoms with E-state index in [1.807, 2.05) is 12.1 Å². The highest BCUT2D eigenvalue weighted by molar-refractivity contribution is 6.31. The Bertz CT molecular complexity index is 953. The third-order valence-electron chi connectivity index (χ3n) is 5.88. The van der Waals surface area contributed by atoms with Gasteiger partial charge in [0, 0.05) is 36.8 Å². The number of carbonyl (C=O) groups excluding carboxylic acids is 2. The lowest BCUT2D eigenvalue weighted by Gasteiger charge is -2.40. The fraction of sp³-hybridized carbons (Fsp3) is 0.417. The quantitative estimate of drug-likeness (QED) is 0.621. The van der Waals surface area contributed by atoms with Crippen LogP contribution in [-0.2, 0) is 27.2 Å². The van der Waals surface area contributed by atoms with Gasteiger partial charge in [-0.1, -0.05) is 29.8 Å². The molecule has 7 nitrogen and oxygen atoms in total. The van der Waals surface area contributed by atoms with Gasteiger partial charge in [0.05, 0.1) is 12.5 Å². The molecule has 0 aliphatic carbocycles. The van der Waals surface area contributed by atoms with Crippen LogP contribution in [0.25, 0.3) is 0 Å². The van der Waals surface area contributed by atoms with Crippen LogP contribution in [0.15, 0.2) is 48.8 Å². The van der Waals surface area contributed by atoms with E-state index in [0.717, 1.165) is 24.8 Å². The minimum Gasteiger partial charge on any atom is -0.481 e. The highest BCUT2D eigenvalue weighted by Gasteiger charge is 2.35. The number of aromatic nitrogens is 1. The number of hydrogen-bond donors (Lipinski definition) is 1. The average Bonchev–Trinajstić information content (AvgIpc) is 2.78. The van der Waals surface area contributed by atoms with Crippen molar-refractivity contribution in [1.82, 2.24) is 15.0 Å². The first kappa shape index (κ1) is 23.7. The van der Waals surface area contributed by atoms with E-state index >= 15 is 0 Å². The molecule has 1 N–H and O–H groups in total. The minimum absolute atomic E-state index is 0.0846. The summed E-state index contributed by atoms with van der Waals surface area (Å²) >= 11 is 6.21. The third kappa shape index (κ3) is 6.07. The van der Waals surface area contributed by atoms with Gasteiger partial charge in [-0.3, -0.25) is 29.4 Å². The molecule has 2 aromatic rings. The Hall–Kier alpha value is -2.93. The number of piperidine rings is 1. The van der Waals surface area contributed by atoms with Crippen LogP contribution in [-0.4, -0.2) is 51.0 Å². The fourth-order valence-corrected chi connectivity index (χ4v) is 4.31. The third-order valence-corrected chi connectivity index (χ3v) is 6.25. The number of carbonyl (C=O) groups is 3. The standard InChI is InChI=1S/C24H28ClN3O4/c1-17(29)28(16-21(24(31)32)15-20-5-2-3-7-22(20)25)27-14-4-6-19(23(27)30)9-8-18-10-12-26-13-11-18/h2-3,5,7,10-13,19,21H,4,6,8-9,14-16H2,1H3,(H,31,32)/t19-,21+/m0/s1. The molecule has 1 aromatic heterocycles. The Labute approximate surface area is 193 Å². The molecule has 1 aliphatic rings. The SMILES string of the molecule is CC(=O)N(C[C@@H](Cc1ccccc1Cl)C(=O)O)N1CCC[C@@H](CCc2ccncc2)C1=O. The molecule has 0 saturated carbocycles. The van der Waals surface area contributed by atoms with Crippen LogP contribution in [0.3, 0.4) is 0 Å². The van der Waals surface area contributed by atoms with E-state index in [1.165, 1.54) is 16.9 Å². The number of halogens is 1. The second-order valence-corrected chi connectivity index (χ2v) is 8.53. The zero-order valence-electron chi connectivity index (χ0n) is 18.1. The monoisotopic (exact) mass is 457 g/mol. The Balaban J connectivity index is 1.71. The summed E-state index contributed by atoms with van der Waals surface area (Å²) in [5.41, 5.74) is 1.81. The van der Waals surface area contributed by atoms with Crippen molar-refractivity contribution >= 4 is 29.4 Å². The van der Waals surface area contributed by atoms with Crippen LogP contribution >= 0.6 is 11.6 Å². The first-order valence-electron chi connectivity index (χ1n) is 10.8. The normalized spacial score (nSPS) is 17.1. The van der Waals surface area contributed by atoms with Crippen LogP contribution in [0.1, 0.15) is 37.3 Å². The largest absolute Gasteiger partial charge is 0.481 e. The van der Waals surface area contributed by atoms with Crippen molar-refractivity contribution in [3.8, 4) is 0 Å². The van der Waals surface area contributed by atoms with Crippen LogP contribution < -0.4 is 0 Å². The van der Waals surface area contributed by atoms with E-state index in [9.17, 15) is 19.5 Å². The molecule has 0 radical (unpaired) electrons. The average molecular weight is 458 g/mol. The van der Waals surface area contributed by atoms with Gasteiger partial charge in [0.25, 0.3) is 0 Å². The molecule has 2 heterocycles. The number of benzene rings is 1. The molecular formula is C24H28ClN3O4. The molecule has 1 saturated heterocycles. The molecular weight excluding hydrogens is 430 g/mol. The van der Waals surface area contributed by atoms with Gasteiger partial charge in [-0.15, -0.1) is 0 Å². The first-order valence-corrected chi connectivity index (χ1v) is 11.2. The van der Waals surface area contributed by atoms with E-state index in [0.29, 0.717) is 23.6 Å². The highest BCUT2D eigenvalue weighted by atomic mass is 35.5. The van der Waals surface area contributed by atoms with Crippen LogP contribution in [0.2, 0.25) is 5.02 Å². The van der Waals surface area contributed by atoms with Gasteiger partial charge in [0.15, 0.2) is 0 Å². The minimum atomic E-state index is -1.03. The number of aryl methyl sites for hydroxylation is 1. The molecule has 2 amide bonds. The summed E-state index contributed by atoms with van der Waals surface area (Å²) in [6.07, 6.45) is 6.57. The number of amides is 2. The van der Waals surface area contributed by atoms with Crippen molar-refractivity contribution in [2.45, 2.75) is 39.0 Å². The highest BCUT2D eigenvalue weighted by Crippen LogP contribution is 2.26. The van der Waals surface area contributed by atoms with Crippen molar-refractivity contribution in [2.75, 3.05) is 13.1 Å². The van der Waals surface area contributed by atoms with E-state index in [2.05, 4.69) is 4.98 Å². The molecule has 32 heavy (non-hydrogen) atoms. The van der Waals surface area contributed by atoms with Gasteiger partial charge in [-0.2, -0.15) is 0 Å². The van der Waals surface area contributed by atoms with Crippen LogP contribution in [0, 0.1) is 11.8 Å². The zero-order chi connectivity index (χ0) is 23.1. The maximum atomic E-state index is 13.2. The van der Waals surface area contributed by atoms with E-state index < -0.39 is 11.9 Å². The summed E-state index contributed by atoms with van der Waals surface area (Å²) in [4.78, 5) is 41.6. The van der Waals surface area contributed by atoms with Gasteiger partial charge >= 0.3 is 5.97 Å². The van der Waals surface area contributed by atoms with E-state index in [1.54, 1.807) is 36.7 Å². The van der Waals surface area contributed by atoms with Crippen molar-refractivity contribution in [1.29, 1.82) is 0 Å². The van der Waals surface area contributed by atoms with Gasteiger partial charge in [0.1, 0.15) is 0 Å². The van der Waals surface area contributed by atoms with Gasteiger partial charge in [-0.05, 0) is 61.4 Å². The van der Waals surface area contributed by atoms with Crippen molar-refractivity contribution in [2.24, 2.45) is 11.8 Å². The first-order chi connectivity index (χ1) is 15.4. The van der Waals surface area contributed by atoms with Gasteiger partial charge in [0.2, 0.25) is 11.8 Å². The summed E-state index contributed by atoms with van der Waals surface area (Å²) in [6.45, 7) is 1.68. The molecule has 170 valence electrons. The smallest absolute Gasteiger partial charge is 0.308 e. The maximum Gasteiger partial charge on any atom is 0.308 e. The maximum absolute atomic E-state index is 13.2. The molecule has 2 atom stereocenters. The topological polar surface area (TPSA) is 90.8 Å². The van der Waals surface area contributed by atoms with Gasteiger partial charge in [-0.25, -0.2) is 0 Å². The predicted molar refractivity (Wildman–Crippen MR) is 121 cm³/mol. The summed E-state index contributed by atoms with van der Waals surface area (Å²) < 4.78 is 0. The number of nitrogens with zero attached hydrogens (tertiary/aromatic N) is 3. The molecule has 1 fully saturated rings.